The van der Waals surface area contributed by atoms with Gasteiger partial charge in [0.15, 0.2) is 11.5 Å². The van der Waals surface area contributed by atoms with Crippen molar-refractivity contribution >= 4 is 17.3 Å². The molecule has 4 rings (SSSR count). The van der Waals surface area contributed by atoms with Crippen LogP contribution in [0.1, 0.15) is 17.0 Å². The van der Waals surface area contributed by atoms with Crippen molar-refractivity contribution in [1.82, 2.24) is 0 Å². The average Bonchev–Trinajstić information content (AvgIpc) is 3.05. The van der Waals surface area contributed by atoms with Gasteiger partial charge in [0.05, 0.1) is 32.9 Å². The predicted molar refractivity (Wildman–Crippen MR) is 113 cm³/mol. The first-order valence-electron chi connectivity index (χ1n) is 9.44. The smallest absolute Gasteiger partial charge is 0.239 e. The number of para-hydroxylation sites is 2. The molecule has 0 aromatic heterocycles. The average molecular weight is 389 g/mol. The third kappa shape index (κ3) is 3.29. The summed E-state index contributed by atoms with van der Waals surface area (Å²) in [6.07, 6.45) is 0.538. The minimum absolute atomic E-state index is 0.0613. The lowest BCUT2D eigenvalue weighted by Crippen LogP contribution is -2.24. The van der Waals surface area contributed by atoms with Crippen molar-refractivity contribution < 1.29 is 19.0 Å². The van der Waals surface area contributed by atoms with Gasteiger partial charge in [0.2, 0.25) is 11.7 Å². The molecule has 0 radical (unpaired) electrons. The number of hydrogen-bond donors (Lipinski definition) is 0. The molecule has 1 heterocycles. The highest BCUT2D eigenvalue weighted by molar-refractivity contribution is 6.10. The first kappa shape index (κ1) is 18.9. The zero-order valence-corrected chi connectivity index (χ0v) is 16.7. The summed E-state index contributed by atoms with van der Waals surface area (Å²) >= 11 is 0. The lowest BCUT2D eigenvalue weighted by Gasteiger charge is -2.18. The third-order valence-electron chi connectivity index (χ3n) is 5.25. The van der Waals surface area contributed by atoms with Crippen LogP contribution in [0.4, 0.5) is 11.4 Å². The van der Waals surface area contributed by atoms with Gasteiger partial charge < -0.3 is 14.2 Å². The van der Waals surface area contributed by atoms with Crippen molar-refractivity contribution in [2.45, 2.75) is 12.3 Å². The van der Waals surface area contributed by atoms with E-state index in [4.69, 9.17) is 14.2 Å². The third-order valence-corrected chi connectivity index (χ3v) is 5.25. The summed E-state index contributed by atoms with van der Waals surface area (Å²) in [7, 11) is 4.76. The van der Waals surface area contributed by atoms with Crippen molar-refractivity contribution in [2.24, 2.45) is 0 Å². The Labute approximate surface area is 170 Å². The monoisotopic (exact) mass is 389 g/mol. The molecule has 0 aliphatic carbocycles. The first-order valence-corrected chi connectivity index (χ1v) is 9.44. The number of ether oxygens (including phenoxy) is 3. The number of amides is 1. The molecule has 0 unspecified atom stereocenters. The van der Waals surface area contributed by atoms with E-state index in [-0.39, 0.29) is 11.8 Å². The molecule has 0 spiro atoms. The van der Waals surface area contributed by atoms with E-state index in [2.05, 4.69) is 0 Å². The van der Waals surface area contributed by atoms with Gasteiger partial charge in [-0.05, 0) is 47.9 Å². The van der Waals surface area contributed by atoms with Crippen molar-refractivity contribution in [1.29, 1.82) is 0 Å². The molecular formula is C24H23NO4. The Hall–Kier alpha value is -3.47. The summed E-state index contributed by atoms with van der Waals surface area (Å²) in [5.41, 5.74) is 3.77. The molecule has 3 aromatic rings. The summed E-state index contributed by atoms with van der Waals surface area (Å²) in [6, 6.07) is 21.5. The van der Waals surface area contributed by atoms with Crippen LogP contribution in [0, 0.1) is 0 Å². The van der Waals surface area contributed by atoms with E-state index in [1.165, 1.54) is 0 Å². The van der Waals surface area contributed by atoms with E-state index in [1.54, 1.807) is 26.2 Å². The molecule has 29 heavy (non-hydrogen) atoms. The van der Waals surface area contributed by atoms with E-state index in [0.717, 1.165) is 22.5 Å². The maximum absolute atomic E-state index is 13.4. The number of rotatable bonds is 6. The number of carbonyl (C=O) groups excluding carboxylic acids is 1. The van der Waals surface area contributed by atoms with Crippen LogP contribution in [0.2, 0.25) is 0 Å². The molecule has 1 amide bonds. The van der Waals surface area contributed by atoms with Crippen LogP contribution in [0.3, 0.4) is 0 Å². The molecular weight excluding hydrogens is 366 g/mol. The number of nitrogens with zero attached hydrogens (tertiary/aromatic N) is 1. The summed E-state index contributed by atoms with van der Waals surface area (Å²) in [5, 5.41) is 0. The Morgan fingerprint density at radius 3 is 2.07 bits per heavy atom. The zero-order chi connectivity index (χ0) is 20.4. The molecule has 148 valence electrons. The first-order chi connectivity index (χ1) is 14.2. The van der Waals surface area contributed by atoms with Gasteiger partial charge in [-0.2, -0.15) is 0 Å². The minimum Gasteiger partial charge on any atom is -0.493 e. The summed E-state index contributed by atoms with van der Waals surface area (Å²) in [6.45, 7) is 0. The van der Waals surface area contributed by atoms with Crippen LogP contribution in [-0.4, -0.2) is 27.2 Å². The Kier molecular flexibility index (Phi) is 5.12. The zero-order valence-electron chi connectivity index (χ0n) is 16.7. The number of anilines is 2. The molecule has 1 aliphatic rings. The second-order valence-corrected chi connectivity index (χ2v) is 6.86. The quantitative estimate of drug-likeness (QED) is 0.612. The highest BCUT2D eigenvalue weighted by Crippen LogP contribution is 2.45. The second-order valence-electron chi connectivity index (χ2n) is 6.86. The van der Waals surface area contributed by atoms with Crippen LogP contribution in [-0.2, 0) is 11.2 Å². The molecule has 1 aliphatic heterocycles. The van der Waals surface area contributed by atoms with Crippen molar-refractivity contribution in [3.8, 4) is 17.2 Å². The van der Waals surface area contributed by atoms with E-state index in [0.29, 0.717) is 23.7 Å². The molecule has 3 aromatic carbocycles. The number of carbonyl (C=O) groups is 1. The number of fused-ring (bicyclic) bond motifs is 1. The largest absolute Gasteiger partial charge is 0.493 e. The van der Waals surface area contributed by atoms with Gasteiger partial charge in [0.1, 0.15) is 0 Å². The second kappa shape index (κ2) is 7.87. The molecule has 5 heteroatoms. The lowest BCUT2D eigenvalue weighted by molar-refractivity contribution is -0.118. The molecule has 0 bridgehead atoms. The standard InChI is InChI=1S/C24H23NO4/c1-27-21-14-16(15-22(28-2)23(21)29-3)13-19-18-11-7-8-12-20(18)25(24(19)26)17-9-5-4-6-10-17/h4-12,14-15,19H,13H2,1-3H3/t19-/m1/s1. The topological polar surface area (TPSA) is 48.0 Å². The van der Waals surface area contributed by atoms with Gasteiger partial charge in [-0.3, -0.25) is 9.69 Å². The number of hydrogen-bond acceptors (Lipinski definition) is 4. The van der Waals surface area contributed by atoms with Crippen molar-refractivity contribution in [3.63, 3.8) is 0 Å². The minimum atomic E-state index is -0.283. The van der Waals surface area contributed by atoms with Crippen LogP contribution >= 0.6 is 0 Å². The fourth-order valence-electron chi connectivity index (χ4n) is 3.92. The Balaban J connectivity index is 1.74. The SMILES string of the molecule is COc1cc(C[C@H]2C(=O)N(c3ccccc3)c3ccccc32)cc(OC)c1OC. The number of benzene rings is 3. The van der Waals surface area contributed by atoms with E-state index >= 15 is 0 Å². The van der Waals surface area contributed by atoms with E-state index < -0.39 is 0 Å². The van der Waals surface area contributed by atoms with Gasteiger partial charge in [-0.25, -0.2) is 0 Å². The molecule has 0 N–H and O–H groups in total. The Morgan fingerprint density at radius 1 is 0.828 bits per heavy atom. The predicted octanol–water partition coefficient (Wildman–Crippen LogP) is 4.72. The normalized spacial score (nSPS) is 15.2. The van der Waals surface area contributed by atoms with Crippen LogP contribution in [0.5, 0.6) is 17.2 Å². The van der Waals surface area contributed by atoms with E-state index in [9.17, 15) is 4.79 Å². The van der Waals surface area contributed by atoms with Crippen molar-refractivity contribution in [2.75, 3.05) is 26.2 Å². The van der Waals surface area contributed by atoms with Crippen LogP contribution < -0.4 is 19.1 Å². The van der Waals surface area contributed by atoms with Gasteiger partial charge in [-0.15, -0.1) is 0 Å². The van der Waals surface area contributed by atoms with Gasteiger partial charge in [-0.1, -0.05) is 36.4 Å². The fourth-order valence-corrected chi connectivity index (χ4v) is 3.92. The maximum Gasteiger partial charge on any atom is 0.239 e. The van der Waals surface area contributed by atoms with Gasteiger partial charge >= 0.3 is 0 Å². The Morgan fingerprint density at radius 2 is 1.45 bits per heavy atom. The molecule has 0 saturated carbocycles. The van der Waals surface area contributed by atoms with Gasteiger partial charge in [0, 0.05) is 5.69 Å². The highest BCUT2D eigenvalue weighted by atomic mass is 16.5. The fraction of sp³-hybridized carbons (Fsp3) is 0.208. The molecule has 5 nitrogen and oxygen atoms in total. The van der Waals surface area contributed by atoms with Crippen LogP contribution in [0.15, 0.2) is 66.7 Å². The maximum atomic E-state index is 13.4. The van der Waals surface area contributed by atoms with Crippen LogP contribution in [0.25, 0.3) is 0 Å². The molecule has 0 fully saturated rings. The molecule has 1 atom stereocenters. The molecule has 0 saturated heterocycles. The van der Waals surface area contributed by atoms with Gasteiger partial charge in [0.25, 0.3) is 0 Å². The number of methoxy groups -OCH3 is 3. The van der Waals surface area contributed by atoms with E-state index in [1.807, 2.05) is 66.7 Å². The summed E-state index contributed by atoms with van der Waals surface area (Å²) < 4.78 is 16.4. The lowest BCUT2D eigenvalue weighted by atomic mass is 9.93. The van der Waals surface area contributed by atoms with Crippen molar-refractivity contribution in [3.05, 3.63) is 77.9 Å². The highest BCUT2D eigenvalue weighted by Gasteiger charge is 2.38. The Bertz CT molecular complexity index is 1010. The summed E-state index contributed by atoms with van der Waals surface area (Å²) in [4.78, 5) is 15.2. The summed E-state index contributed by atoms with van der Waals surface area (Å²) in [5.74, 6) is 1.49.